The van der Waals surface area contributed by atoms with Crippen molar-refractivity contribution in [1.29, 1.82) is 0 Å². The molecule has 1 fully saturated rings. The first kappa shape index (κ1) is 21.5. The summed E-state index contributed by atoms with van der Waals surface area (Å²) in [6.45, 7) is 1.10. The number of thiazole rings is 1. The first-order chi connectivity index (χ1) is 15.9. The molecule has 0 aliphatic carbocycles. The van der Waals surface area contributed by atoms with Crippen LogP contribution in [0.5, 0.6) is 0 Å². The van der Waals surface area contributed by atoms with Gasteiger partial charge in [0.25, 0.3) is 5.91 Å². The maximum Gasteiger partial charge on any atom is 0.349 e. The van der Waals surface area contributed by atoms with Crippen LogP contribution in [0.2, 0.25) is 0 Å². The summed E-state index contributed by atoms with van der Waals surface area (Å²) in [4.78, 5) is 29.5. The van der Waals surface area contributed by atoms with Crippen molar-refractivity contribution < 1.29 is 17.6 Å². The molecule has 33 heavy (non-hydrogen) atoms. The largest absolute Gasteiger partial charge is 0.422 e. The highest BCUT2D eigenvalue weighted by Gasteiger charge is 2.27. The second-order valence-electron chi connectivity index (χ2n) is 7.61. The first-order valence-corrected chi connectivity index (χ1v) is 12.6. The quantitative estimate of drug-likeness (QED) is 0.432. The van der Waals surface area contributed by atoms with Crippen LogP contribution in [0.25, 0.3) is 22.2 Å². The smallest absolute Gasteiger partial charge is 0.349 e. The summed E-state index contributed by atoms with van der Waals surface area (Å²) in [7, 11) is -3.48. The van der Waals surface area contributed by atoms with Crippen molar-refractivity contribution in [3.63, 3.8) is 0 Å². The van der Waals surface area contributed by atoms with Crippen LogP contribution in [0.3, 0.4) is 0 Å². The van der Waals surface area contributed by atoms with E-state index in [0.29, 0.717) is 34.9 Å². The van der Waals surface area contributed by atoms with E-state index < -0.39 is 21.6 Å². The highest BCUT2D eigenvalue weighted by atomic mass is 32.2. The monoisotopic (exact) mass is 481 g/mol. The Morgan fingerprint density at radius 3 is 2.55 bits per heavy atom. The van der Waals surface area contributed by atoms with Crippen LogP contribution in [0.15, 0.2) is 74.1 Å². The van der Waals surface area contributed by atoms with Crippen LogP contribution in [0, 0.1) is 0 Å². The predicted molar refractivity (Wildman–Crippen MR) is 126 cm³/mol. The molecule has 1 aliphatic heterocycles. The first-order valence-electron chi connectivity index (χ1n) is 10.3. The van der Waals surface area contributed by atoms with E-state index in [2.05, 4.69) is 10.3 Å². The fourth-order valence-corrected chi connectivity index (χ4v) is 5.96. The minimum Gasteiger partial charge on any atom is -0.422 e. The van der Waals surface area contributed by atoms with E-state index in [4.69, 9.17) is 4.42 Å². The Labute approximate surface area is 193 Å². The van der Waals surface area contributed by atoms with Gasteiger partial charge in [0.05, 0.1) is 10.6 Å². The van der Waals surface area contributed by atoms with Gasteiger partial charge in [-0.2, -0.15) is 4.31 Å². The number of nitrogens with zero attached hydrogens (tertiary/aromatic N) is 2. The number of benzene rings is 2. The van der Waals surface area contributed by atoms with Gasteiger partial charge in [-0.05, 0) is 37.1 Å². The Balaban J connectivity index is 1.34. The summed E-state index contributed by atoms with van der Waals surface area (Å²) in [5, 5.41) is 5.35. The van der Waals surface area contributed by atoms with Crippen molar-refractivity contribution in [3.05, 3.63) is 76.0 Å². The lowest BCUT2D eigenvalue weighted by molar-refractivity contribution is 0.102. The topological polar surface area (TPSA) is 110 Å². The van der Waals surface area contributed by atoms with Crippen molar-refractivity contribution in [2.75, 3.05) is 18.4 Å². The number of aromatic nitrogens is 1. The van der Waals surface area contributed by atoms with E-state index in [1.54, 1.807) is 53.9 Å². The minimum absolute atomic E-state index is 0.109. The molecule has 8 nitrogen and oxygen atoms in total. The van der Waals surface area contributed by atoms with Crippen molar-refractivity contribution in [2.24, 2.45) is 0 Å². The highest BCUT2D eigenvalue weighted by Crippen LogP contribution is 2.28. The third-order valence-corrected chi connectivity index (χ3v) is 8.13. The summed E-state index contributed by atoms with van der Waals surface area (Å²) in [6.07, 6.45) is 1.76. The van der Waals surface area contributed by atoms with E-state index in [-0.39, 0.29) is 10.5 Å². The molecular formula is C23H19N3O5S2. The average Bonchev–Trinajstić information content (AvgIpc) is 3.52. The van der Waals surface area contributed by atoms with E-state index in [1.807, 2.05) is 0 Å². The second kappa shape index (κ2) is 8.54. The van der Waals surface area contributed by atoms with Gasteiger partial charge in [0, 0.05) is 29.4 Å². The lowest BCUT2D eigenvalue weighted by Gasteiger charge is -2.15. The Morgan fingerprint density at radius 1 is 1.06 bits per heavy atom. The fourth-order valence-electron chi connectivity index (χ4n) is 3.72. The summed E-state index contributed by atoms with van der Waals surface area (Å²) in [5.74, 6) is -0.609. The van der Waals surface area contributed by atoms with Gasteiger partial charge in [-0.25, -0.2) is 18.2 Å². The number of hydrogen-bond donors (Lipinski definition) is 1. The van der Waals surface area contributed by atoms with Gasteiger partial charge in [-0.15, -0.1) is 11.3 Å². The molecule has 1 N–H and O–H groups in total. The zero-order valence-corrected chi connectivity index (χ0v) is 19.0. The maximum absolute atomic E-state index is 12.7. The van der Waals surface area contributed by atoms with Crippen molar-refractivity contribution in [2.45, 2.75) is 17.7 Å². The maximum atomic E-state index is 12.7. The molecule has 4 aromatic rings. The molecule has 1 saturated heterocycles. The number of carbonyl (C=O) groups excluding carboxylic acids is 1. The number of anilines is 1. The molecule has 0 unspecified atom stereocenters. The van der Waals surface area contributed by atoms with E-state index in [0.717, 1.165) is 18.4 Å². The number of fused-ring (bicyclic) bond motifs is 1. The third-order valence-electron chi connectivity index (χ3n) is 5.46. The van der Waals surface area contributed by atoms with Crippen LogP contribution >= 0.6 is 11.3 Å². The molecule has 0 saturated carbocycles. The van der Waals surface area contributed by atoms with Crippen LogP contribution < -0.4 is 10.9 Å². The fraction of sp³-hybridized carbons (Fsp3) is 0.174. The number of rotatable bonds is 5. The van der Waals surface area contributed by atoms with Gasteiger partial charge in [0.15, 0.2) is 5.13 Å². The van der Waals surface area contributed by atoms with E-state index >= 15 is 0 Å². The molecule has 0 radical (unpaired) electrons. The number of amides is 1. The summed E-state index contributed by atoms with van der Waals surface area (Å²) in [6, 6.07) is 15.0. The second-order valence-corrected chi connectivity index (χ2v) is 10.4. The molecule has 0 bridgehead atoms. The molecule has 168 valence electrons. The molecule has 0 spiro atoms. The summed E-state index contributed by atoms with van der Waals surface area (Å²) >= 11 is 1.20. The lowest BCUT2D eigenvalue weighted by Crippen LogP contribution is -2.27. The van der Waals surface area contributed by atoms with Gasteiger partial charge in [-0.3, -0.25) is 10.1 Å². The predicted octanol–water partition coefficient (Wildman–Crippen LogP) is 3.95. The Hall–Kier alpha value is -3.34. The molecule has 10 heteroatoms. The molecule has 2 aromatic carbocycles. The molecule has 1 aliphatic rings. The summed E-state index contributed by atoms with van der Waals surface area (Å²) in [5.41, 5.74) is 0.883. The molecular weight excluding hydrogens is 462 g/mol. The van der Waals surface area contributed by atoms with Crippen molar-refractivity contribution in [1.82, 2.24) is 9.29 Å². The zero-order chi connectivity index (χ0) is 23.0. The lowest BCUT2D eigenvalue weighted by atomic mass is 10.2. The minimum atomic E-state index is -3.48. The van der Waals surface area contributed by atoms with Gasteiger partial charge in [0.2, 0.25) is 10.0 Å². The van der Waals surface area contributed by atoms with Gasteiger partial charge in [-0.1, -0.05) is 30.3 Å². The standard InChI is InChI=1S/C23H19N3O5S2/c27-21(18-13-16-5-1-2-6-20(16)31-22(18)28)25-23-24-19(14-32-23)15-7-9-17(10-8-15)33(29,30)26-11-3-4-12-26/h1-2,5-10,13-14H,3-4,11-12H2,(H,24,25,27). The number of nitrogens with one attached hydrogen (secondary N) is 1. The SMILES string of the molecule is O=C(Nc1nc(-c2ccc(S(=O)(=O)N3CCCC3)cc2)cs1)c1cc2ccccc2oc1=O. The molecule has 1 amide bonds. The normalized spacial score (nSPS) is 14.5. The van der Waals surface area contributed by atoms with Crippen LogP contribution in [-0.4, -0.2) is 36.7 Å². The number of para-hydroxylation sites is 1. The van der Waals surface area contributed by atoms with Crippen molar-refractivity contribution >= 4 is 43.4 Å². The Morgan fingerprint density at radius 2 is 1.79 bits per heavy atom. The Bertz CT molecular complexity index is 1500. The molecule has 0 atom stereocenters. The Kier molecular flexibility index (Phi) is 5.57. The average molecular weight is 482 g/mol. The number of sulfonamides is 1. The van der Waals surface area contributed by atoms with Gasteiger partial charge < -0.3 is 4.42 Å². The zero-order valence-electron chi connectivity index (χ0n) is 17.4. The van der Waals surface area contributed by atoms with Gasteiger partial charge in [0.1, 0.15) is 11.1 Å². The van der Waals surface area contributed by atoms with Gasteiger partial charge >= 0.3 is 5.63 Å². The number of carbonyl (C=O) groups is 1. The molecule has 5 rings (SSSR count). The van der Waals surface area contributed by atoms with Crippen LogP contribution in [0.4, 0.5) is 5.13 Å². The molecule has 3 heterocycles. The van der Waals surface area contributed by atoms with Crippen molar-refractivity contribution in [3.8, 4) is 11.3 Å². The van der Waals surface area contributed by atoms with E-state index in [9.17, 15) is 18.0 Å². The van der Waals surface area contributed by atoms with Crippen LogP contribution in [-0.2, 0) is 10.0 Å². The molecule has 2 aromatic heterocycles. The van der Waals surface area contributed by atoms with E-state index in [1.165, 1.54) is 21.7 Å². The third kappa shape index (κ3) is 4.20. The summed E-state index contributed by atoms with van der Waals surface area (Å²) < 4.78 is 32.1. The number of hydrogen-bond acceptors (Lipinski definition) is 7. The highest BCUT2D eigenvalue weighted by molar-refractivity contribution is 7.89. The van der Waals surface area contributed by atoms with Crippen LogP contribution in [0.1, 0.15) is 23.2 Å².